The maximum absolute atomic E-state index is 11.0. The fourth-order valence-corrected chi connectivity index (χ4v) is 1.68. The number of aromatic nitrogens is 2. The van der Waals surface area contributed by atoms with Crippen LogP contribution < -0.4 is 5.69 Å². The first kappa shape index (κ1) is 7.34. The van der Waals surface area contributed by atoms with Crippen molar-refractivity contribution in [1.82, 2.24) is 9.71 Å². The number of fused-ring (bicyclic) bond motifs is 1. The number of aryl methyl sites for hydroxylation is 1. The first-order chi connectivity index (χ1) is 5.70. The topological polar surface area (TPSA) is 55.1 Å². The van der Waals surface area contributed by atoms with Crippen LogP contribution in [0.1, 0.15) is 23.4 Å². The average molecular weight is 166 g/mol. The van der Waals surface area contributed by atoms with E-state index >= 15 is 0 Å². The van der Waals surface area contributed by atoms with Gasteiger partial charge in [-0.2, -0.15) is 4.98 Å². The van der Waals surface area contributed by atoms with Crippen LogP contribution in [0, 0.1) is 6.92 Å². The molecule has 0 unspecified atom stereocenters. The van der Waals surface area contributed by atoms with Crippen LogP contribution in [-0.2, 0) is 12.8 Å². The van der Waals surface area contributed by atoms with Crippen LogP contribution in [0.2, 0.25) is 0 Å². The molecule has 1 heterocycles. The molecule has 0 radical (unpaired) electrons. The van der Waals surface area contributed by atoms with Crippen LogP contribution in [-0.4, -0.2) is 14.9 Å². The first-order valence-corrected chi connectivity index (χ1v) is 4.01. The van der Waals surface area contributed by atoms with Crippen molar-refractivity contribution in [3.05, 3.63) is 27.4 Å². The maximum atomic E-state index is 11.0. The molecule has 0 bridgehead atoms. The molecule has 0 aliphatic heterocycles. The molecular weight excluding hydrogens is 156 g/mol. The Morgan fingerprint density at radius 1 is 1.50 bits per heavy atom. The molecule has 0 aromatic carbocycles. The van der Waals surface area contributed by atoms with Crippen LogP contribution in [0.4, 0.5) is 0 Å². The molecule has 0 fully saturated rings. The molecule has 0 saturated carbocycles. The molecule has 4 nitrogen and oxygen atoms in total. The van der Waals surface area contributed by atoms with Crippen LogP contribution in [0.3, 0.4) is 0 Å². The second kappa shape index (κ2) is 2.33. The Morgan fingerprint density at radius 3 is 3.00 bits per heavy atom. The summed E-state index contributed by atoms with van der Waals surface area (Å²) in [6.07, 6.45) is 2.83. The Balaban J connectivity index is 2.76. The van der Waals surface area contributed by atoms with Gasteiger partial charge in [0.15, 0.2) is 0 Å². The molecule has 0 atom stereocenters. The van der Waals surface area contributed by atoms with Gasteiger partial charge in [-0.1, -0.05) is 0 Å². The first-order valence-electron chi connectivity index (χ1n) is 4.01. The highest BCUT2D eigenvalue weighted by Gasteiger charge is 2.17. The number of rotatable bonds is 0. The molecule has 1 aromatic rings. The van der Waals surface area contributed by atoms with Gasteiger partial charge in [-0.05, 0) is 31.7 Å². The summed E-state index contributed by atoms with van der Waals surface area (Å²) in [6, 6.07) is 0. The van der Waals surface area contributed by atoms with Crippen molar-refractivity contribution in [2.24, 2.45) is 0 Å². The lowest BCUT2D eigenvalue weighted by Gasteiger charge is -2.05. The van der Waals surface area contributed by atoms with Gasteiger partial charge in [-0.3, -0.25) is 0 Å². The van der Waals surface area contributed by atoms with Gasteiger partial charge in [0.25, 0.3) is 0 Å². The van der Waals surface area contributed by atoms with E-state index in [1.165, 1.54) is 0 Å². The summed E-state index contributed by atoms with van der Waals surface area (Å²) < 4.78 is 0.629. The molecule has 2 rings (SSSR count). The van der Waals surface area contributed by atoms with Gasteiger partial charge >= 0.3 is 5.69 Å². The van der Waals surface area contributed by atoms with Crippen molar-refractivity contribution in [1.29, 1.82) is 0 Å². The summed E-state index contributed by atoms with van der Waals surface area (Å²) in [5.41, 5.74) is 1.98. The minimum atomic E-state index is -0.562. The molecular formula is C8H10N2O2. The highest BCUT2D eigenvalue weighted by atomic mass is 16.5. The smallest absolute Gasteiger partial charge is 0.380 e. The van der Waals surface area contributed by atoms with Crippen LogP contribution in [0.15, 0.2) is 4.79 Å². The fraction of sp³-hybridized carbons (Fsp3) is 0.500. The lowest BCUT2D eigenvalue weighted by atomic mass is 10.2. The summed E-state index contributed by atoms with van der Waals surface area (Å²) in [4.78, 5) is 14.8. The van der Waals surface area contributed by atoms with Crippen LogP contribution in [0.25, 0.3) is 0 Å². The molecule has 12 heavy (non-hydrogen) atoms. The predicted molar refractivity (Wildman–Crippen MR) is 42.4 cm³/mol. The Kier molecular flexibility index (Phi) is 1.43. The minimum absolute atomic E-state index is 0.562. The van der Waals surface area contributed by atoms with E-state index in [0.717, 1.165) is 30.5 Å². The zero-order valence-corrected chi connectivity index (χ0v) is 6.87. The highest BCUT2D eigenvalue weighted by Crippen LogP contribution is 2.20. The third-order valence-corrected chi connectivity index (χ3v) is 2.35. The Morgan fingerprint density at radius 2 is 2.25 bits per heavy atom. The second-order valence-corrected chi connectivity index (χ2v) is 3.07. The van der Waals surface area contributed by atoms with E-state index in [1.54, 1.807) is 6.92 Å². The van der Waals surface area contributed by atoms with E-state index in [-0.39, 0.29) is 0 Å². The predicted octanol–water partition coefficient (Wildman–Crippen LogP) is 0.278. The van der Waals surface area contributed by atoms with Crippen molar-refractivity contribution in [2.75, 3.05) is 0 Å². The Hall–Kier alpha value is -1.32. The largest absolute Gasteiger partial charge is 0.424 e. The standard InChI is InChI=1S/C8H10N2O2/c1-5-6-3-2-4-7(6)9-8(11)10(5)12/h12H,2-4H2,1H3. The summed E-state index contributed by atoms with van der Waals surface area (Å²) in [6.45, 7) is 1.74. The number of hydrogen-bond donors (Lipinski definition) is 1. The van der Waals surface area contributed by atoms with E-state index in [4.69, 9.17) is 0 Å². The SMILES string of the molecule is Cc1c2c(nc(=O)n1O)CCC2. The van der Waals surface area contributed by atoms with Crippen molar-refractivity contribution >= 4 is 0 Å². The zero-order valence-electron chi connectivity index (χ0n) is 6.87. The summed E-state index contributed by atoms with van der Waals surface area (Å²) in [5.74, 6) is 0. The quantitative estimate of drug-likeness (QED) is 0.563. The molecule has 1 aromatic heterocycles. The third kappa shape index (κ3) is 0.841. The molecule has 0 amide bonds. The zero-order chi connectivity index (χ0) is 8.72. The molecule has 1 aliphatic carbocycles. The third-order valence-electron chi connectivity index (χ3n) is 2.35. The highest BCUT2D eigenvalue weighted by molar-refractivity contribution is 5.28. The van der Waals surface area contributed by atoms with Crippen molar-refractivity contribution in [3.8, 4) is 0 Å². The molecule has 1 N–H and O–H groups in total. The van der Waals surface area contributed by atoms with Gasteiger partial charge in [0.1, 0.15) is 0 Å². The maximum Gasteiger partial charge on any atom is 0.380 e. The molecule has 1 aliphatic rings. The Labute approximate surface area is 69.4 Å². The lowest BCUT2D eigenvalue weighted by molar-refractivity contribution is 0.162. The van der Waals surface area contributed by atoms with Crippen LogP contribution >= 0.6 is 0 Å². The van der Waals surface area contributed by atoms with E-state index in [9.17, 15) is 10.0 Å². The normalized spacial score (nSPS) is 14.8. The fourth-order valence-electron chi connectivity index (χ4n) is 1.68. The van der Waals surface area contributed by atoms with Gasteiger partial charge < -0.3 is 5.21 Å². The van der Waals surface area contributed by atoms with Gasteiger partial charge in [-0.25, -0.2) is 4.79 Å². The van der Waals surface area contributed by atoms with E-state index < -0.39 is 5.69 Å². The molecule has 0 spiro atoms. The van der Waals surface area contributed by atoms with Crippen molar-refractivity contribution in [2.45, 2.75) is 26.2 Å². The molecule has 64 valence electrons. The van der Waals surface area contributed by atoms with Gasteiger partial charge in [-0.15, -0.1) is 4.73 Å². The van der Waals surface area contributed by atoms with Crippen molar-refractivity contribution in [3.63, 3.8) is 0 Å². The van der Waals surface area contributed by atoms with E-state index in [2.05, 4.69) is 4.98 Å². The van der Waals surface area contributed by atoms with Gasteiger partial charge in [0, 0.05) is 0 Å². The summed E-state index contributed by atoms with van der Waals surface area (Å²) >= 11 is 0. The number of nitrogens with zero attached hydrogens (tertiary/aromatic N) is 2. The lowest BCUT2D eigenvalue weighted by Crippen LogP contribution is -2.25. The van der Waals surface area contributed by atoms with E-state index in [1.807, 2.05) is 0 Å². The van der Waals surface area contributed by atoms with Gasteiger partial charge in [0.2, 0.25) is 0 Å². The average Bonchev–Trinajstić information content (AvgIpc) is 2.48. The van der Waals surface area contributed by atoms with Crippen LogP contribution in [0.5, 0.6) is 0 Å². The number of hydrogen-bond acceptors (Lipinski definition) is 3. The summed E-state index contributed by atoms with van der Waals surface area (Å²) in [7, 11) is 0. The van der Waals surface area contributed by atoms with Gasteiger partial charge in [0.05, 0.1) is 11.4 Å². The Bertz CT molecular complexity index is 381. The second-order valence-electron chi connectivity index (χ2n) is 3.07. The minimum Gasteiger partial charge on any atom is -0.424 e. The van der Waals surface area contributed by atoms with Crippen molar-refractivity contribution < 1.29 is 5.21 Å². The molecule has 0 saturated heterocycles. The molecule has 4 heteroatoms. The summed E-state index contributed by atoms with van der Waals surface area (Å²) in [5, 5.41) is 9.21. The monoisotopic (exact) mass is 166 g/mol. The van der Waals surface area contributed by atoms with E-state index in [0.29, 0.717) is 10.4 Å².